The molecule has 4 heteroatoms. The maximum Gasteiger partial charge on any atom is 0.275 e. The minimum atomic E-state index is -2.73. The Balaban J connectivity index is 2.32. The van der Waals surface area contributed by atoms with Crippen LogP contribution in [0.5, 0.6) is 0 Å². The second kappa shape index (κ2) is 4.18. The van der Waals surface area contributed by atoms with Crippen LogP contribution >= 0.6 is 11.3 Å². The van der Waals surface area contributed by atoms with E-state index in [4.69, 9.17) is 5.73 Å². The third-order valence-electron chi connectivity index (χ3n) is 2.91. The minimum Gasteiger partial charge on any atom is -0.330 e. The van der Waals surface area contributed by atoms with Gasteiger partial charge in [0.25, 0.3) is 5.92 Å². The molecule has 2 N–H and O–H groups in total. The lowest BCUT2D eigenvalue weighted by Crippen LogP contribution is -2.20. The number of rotatable bonds is 3. The van der Waals surface area contributed by atoms with E-state index in [2.05, 4.69) is 0 Å². The third-order valence-corrected chi connectivity index (χ3v) is 4.00. The van der Waals surface area contributed by atoms with E-state index in [0.29, 0.717) is 0 Å². The van der Waals surface area contributed by atoms with Crippen LogP contribution in [0.15, 0.2) is 5.38 Å². The molecule has 0 fully saturated rings. The van der Waals surface area contributed by atoms with Crippen LogP contribution in [0.4, 0.5) is 8.78 Å². The van der Waals surface area contributed by atoms with Gasteiger partial charge in [-0.05, 0) is 37.8 Å². The van der Waals surface area contributed by atoms with Crippen LogP contribution in [0, 0.1) is 0 Å². The number of halogens is 2. The maximum absolute atomic E-state index is 13.7. The van der Waals surface area contributed by atoms with E-state index in [-0.39, 0.29) is 18.5 Å². The molecule has 0 amide bonds. The Morgan fingerprint density at radius 3 is 2.80 bits per heavy atom. The van der Waals surface area contributed by atoms with E-state index in [1.54, 1.807) is 5.38 Å². The normalized spacial score (nSPS) is 16.5. The molecule has 0 unspecified atom stereocenters. The molecule has 84 valence electrons. The fraction of sp³-hybridized carbons (Fsp3) is 0.636. The monoisotopic (exact) mass is 231 g/mol. The van der Waals surface area contributed by atoms with E-state index in [1.807, 2.05) is 0 Å². The van der Waals surface area contributed by atoms with Gasteiger partial charge in [-0.15, -0.1) is 11.3 Å². The van der Waals surface area contributed by atoms with Gasteiger partial charge >= 0.3 is 0 Å². The number of fused-ring (bicyclic) bond motifs is 1. The molecular weight excluding hydrogens is 216 g/mol. The van der Waals surface area contributed by atoms with E-state index in [9.17, 15) is 8.78 Å². The predicted octanol–water partition coefficient (Wildman–Crippen LogP) is 3.07. The van der Waals surface area contributed by atoms with E-state index >= 15 is 0 Å². The fourth-order valence-corrected chi connectivity index (χ4v) is 3.31. The summed E-state index contributed by atoms with van der Waals surface area (Å²) in [6.07, 6.45) is 3.72. The lowest BCUT2D eigenvalue weighted by Gasteiger charge is -2.19. The van der Waals surface area contributed by atoms with Crippen LogP contribution in [-0.4, -0.2) is 6.54 Å². The van der Waals surface area contributed by atoms with E-state index < -0.39 is 5.92 Å². The van der Waals surface area contributed by atoms with Gasteiger partial charge in [0.05, 0.1) is 0 Å². The van der Waals surface area contributed by atoms with Crippen molar-refractivity contribution in [2.45, 2.75) is 38.0 Å². The Morgan fingerprint density at radius 1 is 1.33 bits per heavy atom. The summed E-state index contributed by atoms with van der Waals surface area (Å²) < 4.78 is 27.4. The smallest absolute Gasteiger partial charge is 0.275 e. The van der Waals surface area contributed by atoms with Crippen LogP contribution in [0.25, 0.3) is 0 Å². The summed E-state index contributed by atoms with van der Waals surface area (Å²) >= 11 is 1.48. The predicted molar refractivity (Wildman–Crippen MR) is 58.5 cm³/mol. The number of nitrogens with two attached hydrogens (primary N) is 1. The van der Waals surface area contributed by atoms with Crippen LogP contribution in [0.3, 0.4) is 0 Å². The molecule has 1 aromatic heterocycles. The molecule has 0 saturated heterocycles. The molecule has 0 aliphatic heterocycles. The highest BCUT2D eigenvalue weighted by Gasteiger charge is 2.35. The lowest BCUT2D eigenvalue weighted by atomic mass is 9.92. The molecule has 0 bridgehead atoms. The van der Waals surface area contributed by atoms with Gasteiger partial charge in [-0.1, -0.05) is 0 Å². The van der Waals surface area contributed by atoms with Gasteiger partial charge in [-0.3, -0.25) is 0 Å². The van der Waals surface area contributed by atoms with Crippen LogP contribution in [0.1, 0.15) is 35.3 Å². The first-order valence-corrected chi connectivity index (χ1v) is 6.21. The van der Waals surface area contributed by atoms with Gasteiger partial charge in [0.15, 0.2) is 0 Å². The van der Waals surface area contributed by atoms with Crippen molar-refractivity contribution in [2.24, 2.45) is 5.73 Å². The molecule has 1 aliphatic rings. The summed E-state index contributed by atoms with van der Waals surface area (Å²) in [7, 11) is 0. The van der Waals surface area contributed by atoms with Crippen molar-refractivity contribution < 1.29 is 8.78 Å². The summed E-state index contributed by atoms with van der Waals surface area (Å²) in [5.74, 6) is -2.73. The Bertz CT molecular complexity index is 346. The molecule has 2 rings (SSSR count). The number of hydrogen-bond acceptors (Lipinski definition) is 2. The molecule has 0 radical (unpaired) electrons. The van der Waals surface area contributed by atoms with Crippen LogP contribution < -0.4 is 5.73 Å². The Kier molecular flexibility index (Phi) is 3.07. The van der Waals surface area contributed by atoms with Gasteiger partial charge in [0, 0.05) is 22.2 Å². The number of hydrogen-bond donors (Lipinski definition) is 1. The molecule has 1 nitrogen and oxygen atoms in total. The molecular formula is C11H15F2NS. The van der Waals surface area contributed by atoms with E-state index in [0.717, 1.165) is 36.1 Å². The zero-order chi connectivity index (χ0) is 10.9. The Labute approximate surface area is 92.3 Å². The van der Waals surface area contributed by atoms with E-state index in [1.165, 1.54) is 11.3 Å². The highest BCUT2D eigenvalue weighted by Crippen LogP contribution is 2.40. The second-order valence-electron chi connectivity index (χ2n) is 4.00. The molecule has 0 saturated carbocycles. The molecule has 0 atom stereocenters. The standard InChI is InChI=1S/C11H15F2NS/c12-11(13,5-6-14)9-7-15-10-4-2-1-3-8(9)10/h7H,1-6,14H2. The summed E-state index contributed by atoms with van der Waals surface area (Å²) in [5.41, 5.74) is 6.37. The average Bonchev–Trinajstić information content (AvgIpc) is 2.61. The van der Waals surface area contributed by atoms with Crippen molar-refractivity contribution in [3.05, 3.63) is 21.4 Å². The molecule has 1 aliphatic carbocycles. The van der Waals surface area contributed by atoms with Gasteiger partial charge in [0.2, 0.25) is 0 Å². The first-order chi connectivity index (χ1) is 7.15. The highest BCUT2D eigenvalue weighted by molar-refractivity contribution is 7.10. The number of aryl methyl sites for hydroxylation is 1. The quantitative estimate of drug-likeness (QED) is 0.850. The van der Waals surface area contributed by atoms with Crippen LogP contribution in [-0.2, 0) is 18.8 Å². The summed E-state index contributed by atoms with van der Waals surface area (Å²) in [6, 6.07) is 0. The first-order valence-electron chi connectivity index (χ1n) is 5.33. The Morgan fingerprint density at radius 2 is 2.07 bits per heavy atom. The topological polar surface area (TPSA) is 26.0 Å². The van der Waals surface area contributed by atoms with Crippen molar-refractivity contribution in [3.63, 3.8) is 0 Å². The minimum absolute atomic E-state index is 0.0393. The molecule has 1 aromatic rings. The van der Waals surface area contributed by atoms with Gasteiger partial charge in [-0.25, -0.2) is 8.78 Å². The zero-order valence-corrected chi connectivity index (χ0v) is 9.38. The lowest BCUT2D eigenvalue weighted by molar-refractivity contribution is -0.0112. The van der Waals surface area contributed by atoms with Crippen LogP contribution in [0.2, 0.25) is 0 Å². The van der Waals surface area contributed by atoms with Crippen molar-refractivity contribution in [3.8, 4) is 0 Å². The van der Waals surface area contributed by atoms with Crippen molar-refractivity contribution in [1.29, 1.82) is 0 Å². The third kappa shape index (κ3) is 2.06. The molecule has 0 aromatic carbocycles. The SMILES string of the molecule is NCCC(F)(F)c1csc2c1CCCC2. The summed E-state index contributed by atoms with van der Waals surface area (Å²) in [4.78, 5) is 1.16. The first kappa shape index (κ1) is 11.0. The molecule has 1 heterocycles. The van der Waals surface area contributed by atoms with Gasteiger partial charge < -0.3 is 5.73 Å². The van der Waals surface area contributed by atoms with Crippen molar-refractivity contribution in [1.82, 2.24) is 0 Å². The largest absolute Gasteiger partial charge is 0.330 e. The summed E-state index contributed by atoms with van der Waals surface area (Å²) in [6.45, 7) is 0.0393. The van der Waals surface area contributed by atoms with Crippen molar-refractivity contribution >= 4 is 11.3 Å². The summed E-state index contributed by atoms with van der Waals surface area (Å²) in [5, 5.41) is 1.63. The number of thiophene rings is 1. The maximum atomic E-state index is 13.7. The number of alkyl halides is 2. The highest BCUT2D eigenvalue weighted by atomic mass is 32.1. The fourth-order valence-electron chi connectivity index (χ4n) is 2.12. The zero-order valence-electron chi connectivity index (χ0n) is 8.56. The van der Waals surface area contributed by atoms with Crippen molar-refractivity contribution in [2.75, 3.05) is 6.54 Å². The second-order valence-corrected chi connectivity index (χ2v) is 4.97. The van der Waals surface area contributed by atoms with Gasteiger partial charge in [0.1, 0.15) is 0 Å². The molecule has 15 heavy (non-hydrogen) atoms. The molecule has 0 spiro atoms. The Hall–Kier alpha value is -0.480. The van der Waals surface area contributed by atoms with Gasteiger partial charge in [-0.2, -0.15) is 0 Å². The average molecular weight is 231 g/mol.